The van der Waals surface area contributed by atoms with Gasteiger partial charge in [-0.05, 0) is 24.6 Å². The molecule has 0 aliphatic heterocycles. The molecule has 1 aromatic rings. The van der Waals surface area contributed by atoms with E-state index in [4.69, 9.17) is 0 Å². The lowest BCUT2D eigenvalue weighted by Gasteiger charge is -2.07. The first kappa shape index (κ1) is 10.4. The zero-order valence-corrected chi connectivity index (χ0v) is 8.69. The Morgan fingerprint density at radius 1 is 1.50 bits per heavy atom. The Kier molecular flexibility index (Phi) is 3.40. The van der Waals surface area contributed by atoms with E-state index in [0.29, 0.717) is 5.57 Å². The third-order valence-electron chi connectivity index (χ3n) is 1.75. The van der Waals surface area contributed by atoms with Crippen LogP contribution in [0.1, 0.15) is 11.3 Å². The van der Waals surface area contributed by atoms with Crippen LogP contribution in [0.25, 0.3) is 5.57 Å². The molecule has 0 bridgehead atoms. The van der Waals surface area contributed by atoms with E-state index in [-0.39, 0.29) is 0 Å². The van der Waals surface area contributed by atoms with Crippen LogP contribution >= 0.6 is 0 Å². The first-order valence-corrected chi connectivity index (χ1v) is 4.40. The number of hydrogen-bond donors (Lipinski definition) is 0. The van der Waals surface area contributed by atoms with Crippen LogP contribution in [0.2, 0.25) is 0 Å². The molecule has 1 aromatic heterocycles. The van der Waals surface area contributed by atoms with Crippen molar-refractivity contribution in [2.24, 2.45) is 0 Å². The van der Waals surface area contributed by atoms with Crippen molar-refractivity contribution in [3.05, 3.63) is 35.8 Å². The van der Waals surface area contributed by atoms with Gasteiger partial charge in [0.05, 0.1) is 0 Å². The van der Waals surface area contributed by atoms with Crippen molar-refractivity contribution < 1.29 is 4.79 Å². The summed E-state index contributed by atoms with van der Waals surface area (Å²) >= 11 is 0. The number of aldehydes is 1. The molecule has 1 heterocycles. The highest BCUT2D eigenvalue weighted by Crippen LogP contribution is 2.12. The molecular formula is C11H14N2O. The Hall–Kier alpha value is -1.64. The number of pyridine rings is 1. The molecule has 0 amide bonds. The predicted octanol–water partition coefficient (Wildman–Crippen LogP) is 1.49. The summed E-state index contributed by atoms with van der Waals surface area (Å²) in [5.74, 6) is 0. The first-order chi connectivity index (χ1) is 6.63. The van der Waals surface area contributed by atoms with Crippen molar-refractivity contribution in [2.45, 2.75) is 6.92 Å². The Bertz CT molecular complexity index is 356. The number of hydrogen-bond acceptors (Lipinski definition) is 3. The summed E-state index contributed by atoms with van der Waals surface area (Å²) in [5.41, 5.74) is 2.48. The fourth-order valence-electron chi connectivity index (χ4n) is 1.18. The smallest absolute Gasteiger partial charge is 0.152 e. The van der Waals surface area contributed by atoms with E-state index in [0.717, 1.165) is 17.5 Å². The number of aromatic nitrogens is 1. The molecule has 3 nitrogen and oxygen atoms in total. The molecule has 74 valence electrons. The lowest BCUT2D eigenvalue weighted by atomic mass is 10.1. The summed E-state index contributed by atoms with van der Waals surface area (Å²) in [4.78, 5) is 16.8. The fraction of sp³-hybridized carbons (Fsp3) is 0.273. The molecule has 1 rings (SSSR count). The second-order valence-corrected chi connectivity index (χ2v) is 3.35. The van der Waals surface area contributed by atoms with Crippen molar-refractivity contribution in [3.63, 3.8) is 0 Å². The third kappa shape index (κ3) is 2.69. The topological polar surface area (TPSA) is 33.2 Å². The fourth-order valence-corrected chi connectivity index (χ4v) is 1.18. The minimum Gasteiger partial charge on any atom is -0.383 e. The van der Waals surface area contributed by atoms with Gasteiger partial charge in [-0.15, -0.1) is 0 Å². The summed E-state index contributed by atoms with van der Waals surface area (Å²) in [7, 11) is 3.77. The minimum atomic E-state index is 0.667. The van der Waals surface area contributed by atoms with Gasteiger partial charge in [-0.25, -0.2) is 0 Å². The number of carbonyl (C=O) groups excluding carboxylic acids is 1. The molecule has 0 saturated carbocycles. The van der Waals surface area contributed by atoms with Gasteiger partial charge < -0.3 is 4.90 Å². The van der Waals surface area contributed by atoms with Crippen molar-refractivity contribution >= 4 is 11.9 Å². The van der Waals surface area contributed by atoms with E-state index in [1.165, 1.54) is 0 Å². The standard InChI is InChI=1S/C11H14N2O/c1-9-6-10(4-5-12-9)11(8-14)7-13(2)3/h4-8H,1-3H3/b11-7-. The van der Waals surface area contributed by atoms with Crippen LogP contribution in [0.4, 0.5) is 0 Å². The van der Waals surface area contributed by atoms with E-state index < -0.39 is 0 Å². The van der Waals surface area contributed by atoms with Crippen molar-refractivity contribution in [3.8, 4) is 0 Å². The monoisotopic (exact) mass is 190 g/mol. The van der Waals surface area contributed by atoms with Crippen LogP contribution < -0.4 is 0 Å². The normalized spacial score (nSPS) is 11.2. The Morgan fingerprint density at radius 3 is 2.71 bits per heavy atom. The van der Waals surface area contributed by atoms with Gasteiger partial charge >= 0.3 is 0 Å². The van der Waals surface area contributed by atoms with Gasteiger partial charge in [-0.2, -0.15) is 0 Å². The van der Waals surface area contributed by atoms with Crippen LogP contribution in [0.5, 0.6) is 0 Å². The summed E-state index contributed by atoms with van der Waals surface area (Å²) in [6, 6.07) is 3.72. The van der Waals surface area contributed by atoms with Crippen LogP contribution in [0.15, 0.2) is 24.5 Å². The van der Waals surface area contributed by atoms with Gasteiger partial charge in [0, 0.05) is 37.8 Å². The maximum Gasteiger partial charge on any atom is 0.152 e. The maximum atomic E-state index is 10.8. The van der Waals surface area contributed by atoms with Gasteiger partial charge in [-0.3, -0.25) is 9.78 Å². The molecule has 0 radical (unpaired) electrons. The largest absolute Gasteiger partial charge is 0.383 e. The van der Waals surface area contributed by atoms with Crippen LogP contribution in [0.3, 0.4) is 0 Å². The van der Waals surface area contributed by atoms with Gasteiger partial charge in [0.25, 0.3) is 0 Å². The lowest BCUT2D eigenvalue weighted by Crippen LogP contribution is -2.03. The van der Waals surface area contributed by atoms with E-state index in [9.17, 15) is 4.79 Å². The van der Waals surface area contributed by atoms with E-state index in [1.54, 1.807) is 12.4 Å². The average molecular weight is 190 g/mol. The van der Waals surface area contributed by atoms with Crippen molar-refractivity contribution in [1.29, 1.82) is 0 Å². The van der Waals surface area contributed by atoms with Crippen LogP contribution in [-0.4, -0.2) is 30.3 Å². The molecule has 0 aliphatic carbocycles. The van der Waals surface area contributed by atoms with E-state index >= 15 is 0 Å². The molecule has 0 unspecified atom stereocenters. The molecule has 14 heavy (non-hydrogen) atoms. The quantitative estimate of drug-likeness (QED) is 0.535. The number of rotatable bonds is 3. The molecule has 0 spiro atoms. The van der Waals surface area contributed by atoms with Gasteiger partial charge in [0.2, 0.25) is 0 Å². The second kappa shape index (κ2) is 4.56. The number of carbonyl (C=O) groups is 1. The van der Waals surface area contributed by atoms with Crippen molar-refractivity contribution in [1.82, 2.24) is 9.88 Å². The highest BCUT2D eigenvalue weighted by Gasteiger charge is 2.00. The summed E-state index contributed by atoms with van der Waals surface area (Å²) in [6.07, 6.45) is 4.36. The van der Waals surface area contributed by atoms with E-state index in [1.807, 2.05) is 38.1 Å². The molecule has 3 heteroatoms. The number of aryl methyl sites for hydroxylation is 1. The van der Waals surface area contributed by atoms with Crippen LogP contribution in [-0.2, 0) is 4.79 Å². The highest BCUT2D eigenvalue weighted by atomic mass is 16.1. The summed E-state index contributed by atoms with van der Waals surface area (Å²) in [5, 5.41) is 0. The first-order valence-electron chi connectivity index (χ1n) is 4.40. The van der Waals surface area contributed by atoms with Gasteiger partial charge in [0.1, 0.15) is 0 Å². The molecule has 0 fully saturated rings. The van der Waals surface area contributed by atoms with Gasteiger partial charge in [0.15, 0.2) is 6.29 Å². The van der Waals surface area contributed by atoms with Crippen molar-refractivity contribution in [2.75, 3.05) is 14.1 Å². The zero-order valence-electron chi connectivity index (χ0n) is 8.69. The predicted molar refractivity (Wildman–Crippen MR) is 56.7 cm³/mol. The molecule has 0 N–H and O–H groups in total. The zero-order chi connectivity index (χ0) is 10.6. The second-order valence-electron chi connectivity index (χ2n) is 3.35. The Balaban J connectivity index is 3.07. The molecule has 0 saturated heterocycles. The summed E-state index contributed by atoms with van der Waals surface area (Å²) < 4.78 is 0. The number of allylic oxidation sites excluding steroid dienone is 1. The molecule has 0 atom stereocenters. The van der Waals surface area contributed by atoms with E-state index in [2.05, 4.69) is 4.98 Å². The van der Waals surface area contributed by atoms with Crippen LogP contribution in [0, 0.1) is 6.92 Å². The highest BCUT2D eigenvalue weighted by molar-refractivity contribution is 6.06. The molecule has 0 aliphatic rings. The summed E-state index contributed by atoms with van der Waals surface area (Å²) in [6.45, 7) is 1.90. The average Bonchev–Trinajstić information content (AvgIpc) is 2.14. The minimum absolute atomic E-state index is 0.667. The Labute approximate surface area is 84.1 Å². The number of nitrogens with zero attached hydrogens (tertiary/aromatic N) is 2. The molecular weight excluding hydrogens is 176 g/mol. The van der Waals surface area contributed by atoms with Gasteiger partial charge in [-0.1, -0.05) is 0 Å². The maximum absolute atomic E-state index is 10.8. The Morgan fingerprint density at radius 2 is 2.21 bits per heavy atom. The SMILES string of the molecule is Cc1cc(/C(C=O)=C\N(C)C)ccn1. The lowest BCUT2D eigenvalue weighted by molar-refractivity contribution is -0.103. The third-order valence-corrected chi connectivity index (χ3v) is 1.75. The molecule has 0 aromatic carbocycles.